The molecule has 19 heavy (non-hydrogen) atoms. The number of hydrogen-bond acceptors (Lipinski definition) is 4. The first kappa shape index (κ1) is 12.3. The standard InChI is InChI=1S/C14H15N3OS/c1-9-7-16-14(19-9)17-13(18)12-6-10-4-2-3-5-11(10)8-15-12/h2-5,7,12,15H,6,8H2,1H3,(H,16,17,18)/t12-/m0/s1. The zero-order valence-electron chi connectivity index (χ0n) is 10.6. The van der Waals surface area contributed by atoms with Gasteiger partial charge < -0.3 is 10.6 Å². The third-order valence-electron chi connectivity index (χ3n) is 3.25. The molecule has 5 heteroatoms. The Kier molecular flexibility index (Phi) is 3.31. The Hall–Kier alpha value is -1.72. The molecule has 2 heterocycles. The van der Waals surface area contributed by atoms with Crippen LogP contribution in [0.5, 0.6) is 0 Å². The van der Waals surface area contributed by atoms with Crippen LogP contribution < -0.4 is 10.6 Å². The molecular formula is C14H15N3OS. The predicted octanol–water partition coefficient (Wildman–Crippen LogP) is 2.10. The second-order valence-corrected chi connectivity index (χ2v) is 5.91. The van der Waals surface area contributed by atoms with Crippen LogP contribution in [0.15, 0.2) is 30.5 Å². The molecule has 0 fully saturated rings. The lowest BCUT2D eigenvalue weighted by Crippen LogP contribution is -2.44. The zero-order chi connectivity index (χ0) is 13.2. The maximum absolute atomic E-state index is 12.2. The Morgan fingerprint density at radius 2 is 2.21 bits per heavy atom. The maximum Gasteiger partial charge on any atom is 0.243 e. The quantitative estimate of drug-likeness (QED) is 0.881. The molecule has 0 saturated heterocycles. The van der Waals surface area contributed by atoms with E-state index in [0.29, 0.717) is 5.13 Å². The van der Waals surface area contributed by atoms with Gasteiger partial charge in [-0.3, -0.25) is 4.79 Å². The molecule has 2 aromatic rings. The van der Waals surface area contributed by atoms with Gasteiger partial charge in [0.2, 0.25) is 5.91 Å². The number of nitrogens with one attached hydrogen (secondary N) is 2. The first-order valence-electron chi connectivity index (χ1n) is 6.26. The third kappa shape index (κ3) is 2.67. The van der Waals surface area contributed by atoms with Gasteiger partial charge >= 0.3 is 0 Å². The number of amides is 1. The molecule has 0 radical (unpaired) electrons. The Bertz CT molecular complexity index is 608. The molecule has 1 aromatic heterocycles. The van der Waals surface area contributed by atoms with Gasteiger partial charge in [0, 0.05) is 17.6 Å². The summed E-state index contributed by atoms with van der Waals surface area (Å²) in [6.45, 7) is 2.72. The van der Waals surface area contributed by atoms with Crippen LogP contribution in [0.2, 0.25) is 0 Å². The molecule has 0 spiro atoms. The van der Waals surface area contributed by atoms with E-state index < -0.39 is 0 Å². The highest BCUT2D eigenvalue weighted by molar-refractivity contribution is 7.15. The number of benzene rings is 1. The largest absolute Gasteiger partial charge is 0.301 e. The Morgan fingerprint density at radius 3 is 2.95 bits per heavy atom. The molecule has 0 aliphatic carbocycles. The number of anilines is 1. The molecule has 1 aliphatic heterocycles. The van der Waals surface area contributed by atoms with Crippen LogP contribution in [-0.2, 0) is 17.8 Å². The molecule has 98 valence electrons. The van der Waals surface area contributed by atoms with E-state index in [-0.39, 0.29) is 11.9 Å². The number of fused-ring (bicyclic) bond motifs is 1. The van der Waals surface area contributed by atoms with E-state index >= 15 is 0 Å². The van der Waals surface area contributed by atoms with Crippen molar-refractivity contribution in [3.05, 3.63) is 46.5 Å². The van der Waals surface area contributed by atoms with E-state index in [1.807, 2.05) is 19.1 Å². The van der Waals surface area contributed by atoms with Gasteiger partial charge in [-0.2, -0.15) is 0 Å². The number of nitrogens with zero attached hydrogens (tertiary/aromatic N) is 1. The Labute approximate surface area is 115 Å². The fourth-order valence-electron chi connectivity index (χ4n) is 2.24. The summed E-state index contributed by atoms with van der Waals surface area (Å²) in [6, 6.07) is 8.05. The lowest BCUT2D eigenvalue weighted by molar-refractivity contribution is -0.118. The Morgan fingerprint density at radius 1 is 1.42 bits per heavy atom. The molecule has 1 amide bonds. The van der Waals surface area contributed by atoms with Gasteiger partial charge in [-0.15, -0.1) is 11.3 Å². The minimum absolute atomic E-state index is 0.0103. The minimum Gasteiger partial charge on any atom is -0.301 e. The molecule has 3 rings (SSSR count). The van der Waals surface area contributed by atoms with Crippen LogP contribution in [0.1, 0.15) is 16.0 Å². The molecule has 2 N–H and O–H groups in total. The van der Waals surface area contributed by atoms with Crippen molar-refractivity contribution in [2.45, 2.75) is 25.9 Å². The van der Waals surface area contributed by atoms with Gasteiger partial charge in [0.05, 0.1) is 6.04 Å². The fourth-order valence-corrected chi connectivity index (χ4v) is 2.91. The molecule has 1 atom stereocenters. The van der Waals surface area contributed by atoms with Crippen molar-refractivity contribution in [3.63, 3.8) is 0 Å². The summed E-state index contributed by atoms with van der Waals surface area (Å²) >= 11 is 1.49. The van der Waals surface area contributed by atoms with Crippen molar-refractivity contribution < 1.29 is 4.79 Å². The number of carbonyl (C=O) groups excluding carboxylic acids is 1. The van der Waals surface area contributed by atoms with E-state index in [1.54, 1.807) is 6.20 Å². The molecular weight excluding hydrogens is 258 g/mol. The topological polar surface area (TPSA) is 54.0 Å². The van der Waals surface area contributed by atoms with Crippen LogP contribution in [0.25, 0.3) is 0 Å². The van der Waals surface area contributed by atoms with Gasteiger partial charge in [-0.1, -0.05) is 24.3 Å². The summed E-state index contributed by atoms with van der Waals surface area (Å²) in [4.78, 5) is 17.4. The number of hydrogen-bond donors (Lipinski definition) is 2. The van der Waals surface area contributed by atoms with Crippen LogP contribution in [0.4, 0.5) is 5.13 Å². The SMILES string of the molecule is Cc1cnc(NC(=O)[C@@H]2Cc3ccccc3CN2)s1. The fraction of sp³-hybridized carbons (Fsp3) is 0.286. The third-order valence-corrected chi connectivity index (χ3v) is 4.08. The van der Waals surface area contributed by atoms with Gasteiger partial charge in [-0.05, 0) is 24.5 Å². The monoisotopic (exact) mass is 273 g/mol. The van der Waals surface area contributed by atoms with Gasteiger partial charge in [0.25, 0.3) is 0 Å². The average molecular weight is 273 g/mol. The smallest absolute Gasteiger partial charge is 0.243 e. The molecule has 0 unspecified atom stereocenters. The summed E-state index contributed by atoms with van der Waals surface area (Å²) in [6.07, 6.45) is 2.50. The summed E-state index contributed by atoms with van der Waals surface area (Å²) in [7, 11) is 0. The molecule has 1 aliphatic rings. The van der Waals surface area contributed by atoms with Crippen molar-refractivity contribution in [2.24, 2.45) is 0 Å². The Balaban J connectivity index is 1.69. The summed E-state index contributed by atoms with van der Waals surface area (Å²) in [5.74, 6) is -0.0103. The van der Waals surface area contributed by atoms with Gasteiger partial charge in [0.1, 0.15) is 0 Å². The molecule has 4 nitrogen and oxygen atoms in total. The number of thiazole rings is 1. The predicted molar refractivity (Wildman–Crippen MR) is 76.3 cm³/mol. The first-order chi connectivity index (χ1) is 9.22. The van der Waals surface area contributed by atoms with E-state index in [1.165, 1.54) is 22.5 Å². The second kappa shape index (κ2) is 5.11. The van der Waals surface area contributed by atoms with E-state index in [9.17, 15) is 4.79 Å². The van der Waals surface area contributed by atoms with Crippen molar-refractivity contribution in [1.29, 1.82) is 0 Å². The highest BCUT2D eigenvalue weighted by atomic mass is 32.1. The van der Waals surface area contributed by atoms with E-state index in [4.69, 9.17) is 0 Å². The van der Waals surface area contributed by atoms with Crippen LogP contribution in [0, 0.1) is 6.92 Å². The van der Waals surface area contributed by atoms with Crippen molar-refractivity contribution in [3.8, 4) is 0 Å². The number of rotatable bonds is 2. The average Bonchev–Trinajstić information content (AvgIpc) is 2.83. The number of aromatic nitrogens is 1. The highest BCUT2D eigenvalue weighted by Gasteiger charge is 2.24. The highest BCUT2D eigenvalue weighted by Crippen LogP contribution is 2.19. The van der Waals surface area contributed by atoms with E-state index in [2.05, 4.69) is 27.8 Å². The zero-order valence-corrected chi connectivity index (χ0v) is 11.5. The lowest BCUT2D eigenvalue weighted by atomic mass is 9.95. The van der Waals surface area contributed by atoms with E-state index in [0.717, 1.165) is 17.8 Å². The number of carbonyl (C=O) groups is 1. The molecule has 0 saturated carbocycles. The van der Waals surface area contributed by atoms with Crippen molar-refractivity contribution >= 4 is 22.4 Å². The normalized spacial score (nSPS) is 17.8. The summed E-state index contributed by atoms with van der Waals surface area (Å²) < 4.78 is 0. The lowest BCUT2D eigenvalue weighted by Gasteiger charge is -2.24. The molecule has 1 aromatic carbocycles. The van der Waals surface area contributed by atoms with Crippen molar-refractivity contribution in [2.75, 3.05) is 5.32 Å². The second-order valence-electron chi connectivity index (χ2n) is 4.67. The number of aryl methyl sites for hydroxylation is 1. The summed E-state index contributed by atoms with van der Waals surface area (Å²) in [5, 5.41) is 6.81. The minimum atomic E-state index is -0.181. The van der Waals surface area contributed by atoms with Gasteiger partial charge in [-0.25, -0.2) is 4.98 Å². The van der Waals surface area contributed by atoms with Crippen LogP contribution in [-0.4, -0.2) is 16.9 Å². The first-order valence-corrected chi connectivity index (χ1v) is 7.07. The van der Waals surface area contributed by atoms with Crippen LogP contribution >= 0.6 is 11.3 Å². The molecule has 0 bridgehead atoms. The maximum atomic E-state index is 12.2. The van der Waals surface area contributed by atoms with Crippen molar-refractivity contribution in [1.82, 2.24) is 10.3 Å². The summed E-state index contributed by atoms with van der Waals surface area (Å²) in [5.41, 5.74) is 2.52. The van der Waals surface area contributed by atoms with Gasteiger partial charge in [0.15, 0.2) is 5.13 Å². The van der Waals surface area contributed by atoms with Crippen LogP contribution in [0.3, 0.4) is 0 Å².